The summed E-state index contributed by atoms with van der Waals surface area (Å²) >= 11 is 0. The van der Waals surface area contributed by atoms with E-state index in [9.17, 15) is 8.42 Å². The zero-order valence-corrected chi connectivity index (χ0v) is 15.7. The van der Waals surface area contributed by atoms with Crippen LogP contribution in [0.1, 0.15) is 17.3 Å². The molecule has 0 radical (unpaired) electrons. The summed E-state index contributed by atoms with van der Waals surface area (Å²) in [5, 5.41) is 3.38. The summed E-state index contributed by atoms with van der Waals surface area (Å²) in [6.45, 7) is 0.279. The number of nitrogens with one attached hydrogen (secondary N) is 1. The third-order valence-corrected chi connectivity index (χ3v) is 6.54. The number of hydrogen-bond donors (Lipinski definition) is 1. The number of rotatable bonds is 4. The highest BCUT2D eigenvalue weighted by Gasteiger charge is 2.38. The smallest absolute Gasteiger partial charge is 0.247 e. The van der Waals surface area contributed by atoms with E-state index in [1.165, 1.54) is 4.31 Å². The fraction of sp³-hybridized carbons (Fsp3) is 0.143. The maximum Gasteiger partial charge on any atom is 0.247 e. The first kappa shape index (κ1) is 17.6. The molecule has 0 saturated carbocycles. The molecule has 0 bridgehead atoms. The molecule has 0 amide bonds. The van der Waals surface area contributed by atoms with Gasteiger partial charge in [0, 0.05) is 6.54 Å². The molecule has 6 heteroatoms. The van der Waals surface area contributed by atoms with Gasteiger partial charge in [-0.05, 0) is 35.4 Å². The molecule has 3 aromatic rings. The normalized spacial score (nSPS) is 18.3. The summed E-state index contributed by atoms with van der Waals surface area (Å²) < 4.78 is 33.5. The Hall–Kier alpha value is -2.83. The van der Waals surface area contributed by atoms with Crippen LogP contribution in [-0.2, 0) is 16.6 Å². The third-order valence-electron chi connectivity index (χ3n) is 4.67. The molecule has 1 atom stereocenters. The second-order valence-electron chi connectivity index (χ2n) is 6.35. The van der Waals surface area contributed by atoms with Crippen LogP contribution >= 0.6 is 0 Å². The van der Waals surface area contributed by atoms with Crippen molar-refractivity contribution in [2.24, 2.45) is 0 Å². The highest BCUT2D eigenvalue weighted by atomic mass is 32.2. The van der Waals surface area contributed by atoms with Gasteiger partial charge in [0.2, 0.25) is 10.0 Å². The molecule has 1 aliphatic heterocycles. The van der Waals surface area contributed by atoms with Crippen LogP contribution in [0.25, 0.3) is 0 Å². The summed E-state index contributed by atoms with van der Waals surface area (Å²) in [5.41, 5.74) is 2.40. The minimum atomic E-state index is -3.65. The maximum atomic E-state index is 13.4. The first-order valence-electron chi connectivity index (χ1n) is 8.65. The molecule has 138 valence electrons. The van der Waals surface area contributed by atoms with Gasteiger partial charge in [-0.15, -0.1) is 0 Å². The Morgan fingerprint density at radius 2 is 1.59 bits per heavy atom. The van der Waals surface area contributed by atoms with E-state index in [0.717, 1.165) is 16.9 Å². The first-order valence-corrected chi connectivity index (χ1v) is 10.1. The molecular weight excluding hydrogens is 360 g/mol. The van der Waals surface area contributed by atoms with E-state index in [2.05, 4.69) is 5.32 Å². The number of nitrogens with zero attached hydrogens (tertiary/aromatic N) is 1. The second kappa shape index (κ2) is 7.06. The molecule has 0 fully saturated rings. The molecule has 27 heavy (non-hydrogen) atoms. The predicted molar refractivity (Wildman–Crippen MR) is 105 cm³/mol. The molecule has 4 rings (SSSR count). The summed E-state index contributed by atoms with van der Waals surface area (Å²) in [4.78, 5) is 0.297. The van der Waals surface area contributed by atoms with E-state index in [1.807, 2.05) is 60.7 Å². The average molecular weight is 380 g/mol. The highest BCUT2D eigenvalue weighted by Crippen LogP contribution is 2.39. The van der Waals surface area contributed by atoms with Crippen LogP contribution in [0.3, 0.4) is 0 Å². The van der Waals surface area contributed by atoms with Crippen molar-refractivity contribution in [2.75, 3.05) is 12.4 Å². The van der Waals surface area contributed by atoms with E-state index >= 15 is 0 Å². The minimum absolute atomic E-state index is 0.279. The van der Waals surface area contributed by atoms with E-state index in [1.54, 1.807) is 25.3 Å². The molecule has 0 aliphatic carbocycles. The quantitative estimate of drug-likeness (QED) is 0.743. The van der Waals surface area contributed by atoms with Crippen molar-refractivity contribution >= 4 is 15.7 Å². The van der Waals surface area contributed by atoms with Crippen molar-refractivity contribution in [2.45, 2.75) is 17.6 Å². The lowest BCUT2D eigenvalue weighted by Gasteiger charge is -2.37. The first-order chi connectivity index (χ1) is 13.1. The van der Waals surface area contributed by atoms with Crippen LogP contribution in [0.5, 0.6) is 5.75 Å². The second-order valence-corrected chi connectivity index (χ2v) is 8.21. The topological polar surface area (TPSA) is 58.6 Å². The maximum absolute atomic E-state index is 13.4. The van der Waals surface area contributed by atoms with E-state index in [0.29, 0.717) is 10.6 Å². The summed E-state index contributed by atoms with van der Waals surface area (Å²) in [7, 11) is -2.05. The zero-order valence-electron chi connectivity index (χ0n) is 14.9. The monoisotopic (exact) mass is 380 g/mol. The molecule has 1 heterocycles. The number of hydrogen-bond acceptors (Lipinski definition) is 4. The zero-order chi connectivity index (χ0) is 18.9. The highest BCUT2D eigenvalue weighted by molar-refractivity contribution is 7.89. The Balaban J connectivity index is 1.81. The van der Waals surface area contributed by atoms with Gasteiger partial charge in [0.25, 0.3) is 0 Å². The molecule has 5 nitrogen and oxygen atoms in total. The van der Waals surface area contributed by atoms with Gasteiger partial charge in [-0.2, -0.15) is 4.31 Å². The summed E-state index contributed by atoms with van der Waals surface area (Å²) in [6, 6.07) is 24.1. The molecule has 1 aliphatic rings. The molecular formula is C21H20N2O3S. The van der Waals surface area contributed by atoms with Gasteiger partial charge < -0.3 is 10.1 Å². The minimum Gasteiger partial charge on any atom is -0.497 e. The Morgan fingerprint density at radius 1 is 0.926 bits per heavy atom. The predicted octanol–water partition coefficient (Wildman–Crippen LogP) is 4.01. The van der Waals surface area contributed by atoms with Crippen molar-refractivity contribution in [1.29, 1.82) is 0 Å². The van der Waals surface area contributed by atoms with Crippen molar-refractivity contribution in [3.05, 3.63) is 90.0 Å². The Kier molecular flexibility index (Phi) is 4.59. The van der Waals surface area contributed by atoms with Crippen LogP contribution in [-0.4, -0.2) is 19.8 Å². The van der Waals surface area contributed by atoms with Crippen molar-refractivity contribution in [3.63, 3.8) is 0 Å². The van der Waals surface area contributed by atoms with Gasteiger partial charge >= 0.3 is 0 Å². The number of sulfonamides is 1. The number of fused-ring (bicyclic) bond motifs is 1. The third kappa shape index (κ3) is 3.29. The lowest BCUT2D eigenvalue weighted by atomic mass is 10.1. The van der Waals surface area contributed by atoms with Gasteiger partial charge in [0.1, 0.15) is 16.8 Å². The van der Waals surface area contributed by atoms with E-state index in [4.69, 9.17) is 4.74 Å². The van der Waals surface area contributed by atoms with Gasteiger partial charge in [0.15, 0.2) is 0 Å². The summed E-state index contributed by atoms with van der Waals surface area (Å²) in [5.74, 6) is 0.729. The molecule has 0 spiro atoms. The van der Waals surface area contributed by atoms with E-state index in [-0.39, 0.29) is 6.54 Å². The number of methoxy groups -OCH3 is 1. The van der Waals surface area contributed by atoms with Crippen LogP contribution in [0.4, 0.5) is 5.69 Å². The van der Waals surface area contributed by atoms with Gasteiger partial charge in [-0.25, -0.2) is 8.42 Å². The largest absolute Gasteiger partial charge is 0.497 e. The van der Waals surface area contributed by atoms with Crippen LogP contribution in [0, 0.1) is 0 Å². The van der Waals surface area contributed by atoms with Crippen LogP contribution in [0.2, 0.25) is 0 Å². The summed E-state index contributed by atoms with van der Waals surface area (Å²) in [6.07, 6.45) is -0.504. The van der Waals surface area contributed by atoms with Gasteiger partial charge in [-0.1, -0.05) is 54.6 Å². The van der Waals surface area contributed by atoms with Gasteiger partial charge in [-0.3, -0.25) is 0 Å². The fourth-order valence-corrected chi connectivity index (χ4v) is 4.95. The van der Waals surface area contributed by atoms with Gasteiger partial charge in [0.05, 0.1) is 12.8 Å². The number of benzene rings is 3. The standard InChI is InChI=1S/C21H20N2O3S/c1-26-18-13-11-17(12-14-18)21-22-19-9-5-6-10-20(19)27(24,25)23(21)15-16-7-3-2-4-8-16/h2-14,21-22H,15H2,1H3/t21-/m0/s1. The Bertz CT molecular complexity index is 1030. The lowest BCUT2D eigenvalue weighted by molar-refractivity contribution is 0.336. The molecule has 0 unspecified atom stereocenters. The molecule has 0 saturated heterocycles. The Morgan fingerprint density at radius 3 is 2.30 bits per heavy atom. The average Bonchev–Trinajstić information content (AvgIpc) is 2.71. The molecule has 3 aromatic carbocycles. The van der Waals surface area contributed by atoms with E-state index < -0.39 is 16.2 Å². The Labute approximate surface area is 159 Å². The van der Waals surface area contributed by atoms with Crippen molar-refractivity contribution < 1.29 is 13.2 Å². The molecule has 0 aromatic heterocycles. The SMILES string of the molecule is COc1ccc([C@H]2Nc3ccccc3S(=O)(=O)N2Cc2ccccc2)cc1. The number of ether oxygens (including phenoxy) is 1. The fourth-order valence-electron chi connectivity index (χ4n) is 3.27. The lowest BCUT2D eigenvalue weighted by Crippen LogP contribution is -2.42. The molecule has 1 N–H and O–H groups in total. The van der Waals surface area contributed by atoms with Crippen molar-refractivity contribution in [3.8, 4) is 5.75 Å². The van der Waals surface area contributed by atoms with Crippen LogP contribution < -0.4 is 10.1 Å². The number of anilines is 1. The van der Waals surface area contributed by atoms with Crippen molar-refractivity contribution in [1.82, 2.24) is 4.31 Å². The number of para-hydroxylation sites is 1. The van der Waals surface area contributed by atoms with Crippen LogP contribution in [0.15, 0.2) is 83.8 Å².